The number of hydrogen-bond donors (Lipinski definition) is 0. The number of hydrogen-bond acceptors (Lipinski definition) is 4. The third-order valence-corrected chi connectivity index (χ3v) is 5.34. The van der Waals surface area contributed by atoms with Crippen molar-refractivity contribution < 1.29 is 22.3 Å². The molecule has 0 amide bonds. The van der Waals surface area contributed by atoms with Crippen LogP contribution >= 0.6 is 15.9 Å². The van der Waals surface area contributed by atoms with E-state index in [4.69, 9.17) is 0 Å². The van der Waals surface area contributed by atoms with Crippen molar-refractivity contribution in [2.24, 2.45) is 0 Å². The van der Waals surface area contributed by atoms with E-state index in [9.17, 15) is 17.6 Å². The summed E-state index contributed by atoms with van der Waals surface area (Å²) in [6, 6.07) is 3.28. The van der Waals surface area contributed by atoms with Crippen molar-refractivity contribution in [3.8, 4) is 0 Å². The lowest BCUT2D eigenvalue weighted by Crippen LogP contribution is -2.37. The molecular weight excluding hydrogens is 353 g/mol. The quantitative estimate of drug-likeness (QED) is 0.722. The zero-order valence-corrected chi connectivity index (χ0v) is 13.5. The van der Waals surface area contributed by atoms with Crippen LogP contribution in [0.3, 0.4) is 0 Å². The van der Waals surface area contributed by atoms with Crippen LogP contribution < -0.4 is 0 Å². The second-order valence-corrected chi connectivity index (χ2v) is 6.75. The topological polar surface area (TPSA) is 63.7 Å². The molecule has 0 aliphatic carbocycles. The molecule has 0 atom stereocenters. The van der Waals surface area contributed by atoms with Gasteiger partial charge in [-0.25, -0.2) is 12.8 Å². The lowest BCUT2D eigenvalue weighted by atomic mass is 10.3. The summed E-state index contributed by atoms with van der Waals surface area (Å²) in [5, 5.41) is 0. The van der Waals surface area contributed by atoms with Gasteiger partial charge in [-0.05, 0) is 40.5 Å². The fourth-order valence-corrected chi connectivity index (χ4v) is 4.05. The molecule has 0 bridgehead atoms. The van der Waals surface area contributed by atoms with Crippen molar-refractivity contribution >= 4 is 31.9 Å². The molecule has 5 nitrogen and oxygen atoms in total. The van der Waals surface area contributed by atoms with Crippen LogP contribution in [-0.2, 0) is 19.6 Å². The van der Waals surface area contributed by atoms with E-state index in [1.165, 1.54) is 7.11 Å². The summed E-state index contributed by atoms with van der Waals surface area (Å²) in [6.45, 7) is 1.58. The van der Waals surface area contributed by atoms with Crippen LogP contribution in [0.15, 0.2) is 27.6 Å². The van der Waals surface area contributed by atoms with Crippen LogP contribution in [0.4, 0.5) is 4.39 Å². The maximum atomic E-state index is 13.0. The van der Waals surface area contributed by atoms with E-state index in [-0.39, 0.29) is 22.5 Å². The maximum Gasteiger partial charge on any atom is 0.321 e. The van der Waals surface area contributed by atoms with Gasteiger partial charge in [0, 0.05) is 11.0 Å². The molecule has 0 radical (unpaired) electrons. The number of benzene rings is 1. The molecule has 0 unspecified atom stereocenters. The van der Waals surface area contributed by atoms with Crippen molar-refractivity contribution in [3.63, 3.8) is 0 Å². The smallest absolute Gasteiger partial charge is 0.321 e. The number of esters is 1. The molecule has 0 spiro atoms. The van der Waals surface area contributed by atoms with E-state index in [0.717, 1.165) is 22.5 Å². The van der Waals surface area contributed by atoms with Crippen LogP contribution in [0.5, 0.6) is 0 Å². The zero-order chi connectivity index (χ0) is 15.3. The molecular formula is C12H15BrFNO4S. The minimum atomic E-state index is -3.90. The van der Waals surface area contributed by atoms with Crippen LogP contribution in [-0.4, -0.2) is 38.9 Å². The van der Waals surface area contributed by atoms with Crippen LogP contribution in [0.1, 0.15) is 13.3 Å². The first kappa shape index (κ1) is 17.1. The van der Waals surface area contributed by atoms with Crippen LogP contribution in [0.2, 0.25) is 0 Å². The highest BCUT2D eigenvalue weighted by molar-refractivity contribution is 9.10. The predicted molar refractivity (Wildman–Crippen MR) is 75.2 cm³/mol. The first-order chi connectivity index (χ1) is 9.32. The highest BCUT2D eigenvalue weighted by atomic mass is 79.9. The molecule has 1 aromatic carbocycles. The maximum absolute atomic E-state index is 13.0. The number of ether oxygens (including phenoxy) is 1. The minimum absolute atomic E-state index is 0.0868. The fraction of sp³-hybridized carbons (Fsp3) is 0.417. The van der Waals surface area contributed by atoms with E-state index < -0.39 is 21.8 Å². The molecule has 112 valence electrons. The third-order valence-electron chi connectivity index (χ3n) is 2.52. The van der Waals surface area contributed by atoms with Crippen molar-refractivity contribution in [1.29, 1.82) is 0 Å². The Kier molecular flexibility index (Phi) is 6.09. The number of sulfonamides is 1. The SMILES string of the molecule is CCCN(CC(=O)OC)S(=O)(=O)c1ccc(F)cc1Br. The molecule has 0 heterocycles. The first-order valence-electron chi connectivity index (χ1n) is 5.85. The number of carbonyl (C=O) groups is 1. The molecule has 0 aliphatic heterocycles. The summed E-state index contributed by atoms with van der Waals surface area (Å²) in [5.74, 6) is -1.20. The first-order valence-corrected chi connectivity index (χ1v) is 8.08. The van der Waals surface area contributed by atoms with Gasteiger partial charge < -0.3 is 4.74 Å². The summed E-state index contributed by atoms with van der Waals surface area (Å²) in [6.07, 6.45) is 0.537. The standard InChI is InChI=1S/C12H15BrFNO4S/c1-3-6-15(8-12(16)19-2)20(17,18)11-5-4-9(14)7-10(11)13/h4-5,7H,3,6,8H2,1-2H3. The average Bonchev–Trinajstić information content (AvgIpc) is 2.37. The summed E-state index contributed by atoms with van der Waals surface area (Å²) in [7, 11) is -2.71. The highest BCUT2D eigenvalue weighted by Crippen LogP contribution is 2.26. The van der Waals surface area contributed by atoms with Gasteiger partial charge in [0.05, 0.1) is 12.0 Å². The number of rotatable bonds is 6. The Hall–Kier alpha value is -0.990. The van der Waals surface area contributed by atoms with Gasteiger partial charge >= 0.3 is 5.97 Å². The average molecular weight is 368 g/mol. The third kappa shape index (κ3) is 4.00. The van der Waals surface area contributed by atoms with Gasteiger partial charge in [-0.1, -0.05) is 6.92 Å². The largest absolute Gasteiger partial charge is 0.468 e. The number of nitrogens with zero attached hydrogens (tertiary/aromatic N) is 1. The van der Waals surface area contributed by atoms with E-state index in [0.29, 0.717) is 6.42 Å². The molecule has 0 fully saturated rings. The van der Waals surface area contributed by atoms with E-state index in [1.54, 1.807) is 6.92 Å². The normalized spacial score (nSPS) is 11.7. The van der Waals surface area contributed by atoms with Crippen molar-refractivity contribution in [1.82, 2.24) is 4.31 Å². The molecule has 20 heavy (non-hydrogen) atoms. The predicted octanol–water partition coefficient (Wildman–Crippen LogP) is 2.16. The lowest BCUT2D eigenvalue weighted by molar-refractivity contribution is -0.140. The van der Waals surface area contributed by atoms with Gasteiger partial charge in [-0.2, -0.15) is 4.31 Å². The van der Waals surface area contributed by atoms with Gasteiger partial charge in [0.1, 0.15) is 12.4 Å². The molecule has 0 aliphatic rings. The second kappa shape index (κ2) is 7.14. The van der Waals surface area contributed by atoms with E-state index >= 15 is 0 Å². The van der Waals surface area contributed by atoms with Crippen molar-refractivity contribution in [3.05, 3.63) is 28.5 Å². The fourth-order valence-electron chi connectivity index (χ4n) is 1.57. The summed E-state index contributed by atoms with van der Waals surface area (Å²) < 4.78 is 43.6. The highest BCUT2D eigenvalue weighted by Gasteiger charge is 2.28. The Bertz CT molecular complexity index is 591. The van der Waals surface area contributed by atoms with Crippen molar-refractivity contribution in [2.45, 2.75) is 18.2 Å². The molecule has 1 rings (SSSR count). The Morgan fingerprint density at radius 2 is 2.10 bits per heavy atom. The number of halogens is 2. The van der Waals surface area contributed by atoms with Gasteiger partial charge in [0.15, 0.2) is 0 Å². The van der Waals surface area contributed by atoms with Crippen molar-refractivity contribution in [2.75, 3.05) is 20.2 Å². The van der Waals surface area contributed by atoms with Gasteiger partial charge in [0.2, 0.25) is 10.0 Å². The van der Waals surface area contributed by atoms with E-state index in [2.05, 4.69) is 20.7 Å². The lowest BCUT2D eigenvalue weighted by Gasteiger charge is -2.21. The zero-order valence-electron chi connectivity index (χ0n) is 11.1. The summed E-state index contributed by atoms with van der Waals surface area (Å²) >= 11 is 3.02. The van der Waals surface area contributed by atoms with Gasteiger partial charge in [0.25, 0.3) is 0 Å². The summed E-state index contributed by atoms with van der Waals surface area (Å²) in [4.78, 5) is 11.2. The Morgan fingerprint density at radius 1 is 1.45 bits per heavy atom. The Balaban J connectivity index is 3.18. The number of carbonyl (C=O) groups excluding carboxylic acids is 1. The summed E-state index contributed by atoms with van der Waals surface area (Å²) in [5.41, 5.74) is 0. The molecule has 8 heteroatoms. The molecule has 0 saturated heterocycles. The van der Waals surface area contributed by atoms with Crippen LogP contribution in [0, 0.1) is 5.82 Å². The second-order valence-electron chi connectivity index (χ2n) is 3.99. The van der Waals surface area contributed by atoms with Crippen LogP contribution in [0.25, 0.3) is 0 Å². The monoisotopic (exact) mass is 367 g/mol. The minimum Gasteiger partial charge on any atom is -0.468 e. The number of methoxy groups -OCH3 is 1. The molecule has 0 N–H and O–H groups in total. The molecule has 0 aromatic heterocycles. The Labute approximate surface area is 125 Å². The molecule has 0 saturated carbocycles. The Morgan fingerprint density at radius 3 is 2.60 bits per heavy atom. The van der Waals surface area contributed by atoms with Gasteiger partial charge in [-0.3, -0.25) is 4.79 Å². The van der Waals surface area contributed by atoms with E-state index in [1.807, 2.05) is 0 Å². The van der Waals surface area contributed by atoms with Gasteiger partial charge in [-0.15, -0.1) is 0 Å². The molecule has 1 aromatic rings.